The van der Waals surface area contributed by atoms with E-state index in [1.165, 1.54) is 29.2 Å². The van der Waals surface area contributed by atoms with Crippen LogP contribution in [0, 0.1) is 0 Å². The molecule has 0 spiro atoms. The van der Waals surface area contributed by atoms with Crippen molar-refractivity contribution in [1.82, 2.24) is 4.90 Å². The summed E-state index contributed by atoms with van der Waals surface area (Å²) in [5.41, 5.74) is -0.563. The number of hydrogen-bond donors (Lipinski definition) is 1. The molecule has 0 radical (unpaired) electrons. The number of halogens is 3. The van der Waals surface area contributed by atoms with E-state index in [0.29, 0.717) is 11.6 Å². The molecule has 0 atom stereocenters. The highest BCUT2D eigenvalue weighted by atomic mass is 32.2. The average Bonchev–Trinajstić information content (AvgIpc) is 2.91. The summed E-state index contributed by atoms with van der Waals surface area (Å²) in [6, 6.07) is 15.5. The van der Waals surface area contributed by atoms with Crippen molar-refractivity contribution in [1.29, 1.82) is 0 Å². The largest absolute Gasteiger partial charge is 0.417 e. The van der Waals surface area contributed by atoms with Crippen molar-refractivity contribution in [2.24, 2.45) is 5.14 Å². The van der Waals surface area contributed by atoms with Gasteiger partial charge in [-0.1, -0.05) is 51.1 Å². The number of alkyl halides is 3. The summed E-state index contributed by atoms with van der Waals surface area (Å²) >= 11 is 0. The Hall–Kier alpha value is -3.22. The van der Waals surface area contributed by atoms with E-state index in [1.807, 2.05) is 32.9 Å². The van der Waals surface area contributed by atoms with Gasteiger partial charge in [0.1, 0.15) is 0 Å². The van der Waals surface area contributed by atoms with Crippen molar-refractivity contribution < 1.29 is 34.8 Å². The molecular formula is C29H31F3N2O5S2. The Kier molecular flexibility index (Phi) is 8.16. The molecule has 1 saturated heterocycles. The van der Waals surface area contributed by atoms with Crippen LogP contribution in [0.15, 0.2) is 81.4 Å². The van der Waals surface area contributed by atoms with Crippen LogP contribution in [0.4, 0.5) is 13.2 Å². The van der Waals surface area contributed by atoms with Crippen LogP contribution in [0.25, 0.3) is 0 Å². The third-order valence-electron chi connectivity index (χ3n) is 7.28. The molecule has 0 saturated carbocycles. The Morgan fingerprint density at radius 3 is 1.90 bits per heavy atom. The minimum absolute atomic E-state index is 0.0633. The molecule has 2 N–H and O–H groups in total. The molecule has 1 amide bonds. The molecule has 1 fully saturated rings. The summed E-state index contributed by atoms with van der Waals surface area (Å²) in [5.74, 6) is -1.14. The molecule has 4 rings (SSSR count). The van der Waals surface area contributed by atoms with E-state index in [0.717, 1.165) is 11.6 Å². The number of amides is 1. The minimum Gasteiger partial charge on any atom is -0.339 e. The Morgan fingerprint density at radius 2 is 1.41 bits per heavy atom. The first-order valence-corrected chi connectivity index (χ1v) is 15.9. The van der Waals surface area contributed by atoms with Gasteiger partial charge >= 0.3 is 6.18 Å². The first kappa shape index (κ1) is 30.7. The van der Waals surface area contributed by atoms with Gasteiger partial charge in [-0.15, -0.1) is 0 Å². The molecule has 1 aliphatic rings. The molecule has 1 heterocycles. The second kappa shape index (κ2) is 10.9. The first-order chi connectivity index (χ1) is 18.9. The maximum atomic E-state index is 14.4. The minimum atomic E-state index is -5.13. The second-order valence-corrected chi connectivity index (χ2v) is 14.6. The number of sulfonamides is 1. The molecule has 3 aromatic carbocycles. The van der Waals surface area contributed by atoms with Crippen LogP contribution in [0.2, 0.25) is 0 Å². The van der Waals surface area contributed by atoms with Gasteiger partial charge in [-0.25, -0.2) is 22.0 Å². The first-order valence-electron chi connectivity index (χ1n) is 12.9. The molecule has 12 heteroatoms. The van der Waals surface area contributed by atoms with Crippen LogP contribution in [0.5, 0.6) is 0 Å². The quantitative estimate of drug-likeness (QED) is 0.411. The zero-order chi connectivity index (χ0) is 30.4. The summed E-state index contributed by atoms with van der Waals surface area (Å²) in [6.45, 7) is 6.34. The van der Waals surface area contributed by atoms with Crippen LogP contribution in [-0.4, -0.2) is 40.7 Å². The molecule has 41 heavy (non-hydrogen) atoms. The van der Waals surface area contributed by atoms with Crippen LogP contribution >= 0.6 is 0 Å². The number of benzene rings is 3. The van der Waals surface area contributed by atoms with Gasteiger partial charge in [-0.2, -0.15) is 13.2 Å². The highest BCUT2D eigenvalue weighted by Gasteiger charge is 2.42. The Morgan fingerprint density at radius 1 is 0.854 bits per heavy atom. The summed E-state index contributed by atoms with van der Waals surface area (Å²) in [6.07, 6.45) is -5.00. The molecule has 0 aliphatic carbocycles. The predicted molar refractivity (Wildman–Crippen MR) is 148 cm³/mol. The van der Waals surface area contributed by atoms with E-state index >= 15 is 0 Å². The fraction of sp³-hybridized carbons (Fsp3) is 0.345. The lowest BCUT2D eigenvalue weighted by Crippen LogP contribution is -2.38. The van der Waals surface area contributed by atoms with Crippen LogP contribution in [-0.2, 0) is 31.5 Å². The lowest BCUT2D eigenvalue weighted by Gasteiger charge is -2.34. The highest BCUT2D eigenvalue weighted by molar-refractivity contribution is 7.91. The predicted octanol–water partition coefficient (Wildman–Crippen LogP) is 5.50. The number of carbonyl (C=O) groups is 1. The molecular weight excluding hydrogens is 577 g/mol. The fourth-order valence-electron chi connectivity index (χ4n) is 5.04. The zero-order valence-electron chi connectivity index (χ0n) is 22.8. The molecule has 7 nitrogen and oxygen atoms in total. The monoisotopic (exact) mass is 608 g/mol. The molecule has 0 unspecified atom stereocenters. The van der Waals surface area contributed by atoms with Crippen LogP contribution < -0.4 is 5.14 Å². The van der Waals surface area contributed by atoms with Crippen molar-refractivity contribution in [3.63, 3.8) is 0 Å². The number of rotatable bonds is 5. The summed E-state index contributed by atoms with van der Waals surface area (Å²) in [7, 11) is -9.34. The molecule has 0 bridgehead atoms. The third-order valence-corrected chi connectivity index (χ3v) is 9.96. The number of piperidine rings is 1. The summed E-state index contributed by atoms with van der Waals surface area (Å²) in [5, 5.41) is 5.19. The normalized spacial score (nSPS) is 15.6. The van der Waals surface area contributed by atoms with E-state index < -0.39 is 52.9 Å². The standard InChI is InChI=1S/C29H31F3N2O5S2/c1-28(2,3)21-11-9-20(10-12-21)27(35)34-15-13-19(14-16-34)24-17-23(40(36,37)22-7-5-4-6-8-22)18-25(41(33,38)39)26(24)29(30,31)32/h4-12,17-19H,13-16H2,1-3H3,(H2,33,38,39). The summed E-state index contributed by atoms with van der Waals surface area (Å²) in [4.78, 5) is 12.6. The number of sulfone groups is 1. The smallest absolute Gasteiger partial charge is 0.339 e. The third kappa shape index (κ3) is 6.49. The maximum Gasteiger partial charge on any atom is 0.417 e. The van der Waals surface area contributed by atoms with E-state index in [1.54, 1.807) is 18.2 Å². The zero-order valence-corrected chi connectivity index (χ0v) is 24.4. The van der Waals surface area contributed by atoms with Crippen LogP contribution in [0.3, 0.4) is 0 Å². The van der Waals surface area contributed by atoms with Gasteiger partial charge in [0.2, 0.25) is 19.9 Å². The number of likely N-dealkylation sites (tertiary alicyclic amines) is 1. The van der Waals surface area contributed by atoms with Crippen LogP contribution in [0.1, 0.15) is 66.6 Å². The fourth-order valence-corrected chi connectivity index (χ4v) is 7.27. The number of carbonyl (C=O) groups excluding carboxylic acids is 1. The lowest BCUT2D eigenvalue weighted by molar-refractivity contribution is -0.140. The van der Waals surface area contributed by atoms with Gasteiger partial charge in [0.25, 0.3) is 5.91 Å². The van der Waals surface area contributed by atoms with Gasteiger partial charge in [0, 0.05) is 18.7 Å². The highest BCUT2D eigenvalue weighted by Crippen LogP contribution is 2.44. The number of primary sulfonamides is 1. The average molecular weight is 609 g/mol. The summed E-state index contributed by atoms with van der Waals surface area (Å²) < 4.78 is 94.4. The Balaban J connectivity index is 1.72. The second-order valence-electron chi connectivity index (χ2n) is 11.1. The lowest BCUT2D eigenvalue weighted by atomic mass is 9.85. The Labute approximate surface area is 238 Å². The van der Waals surface area contributed by atoms with E-state index in [9.17, 15) is 34.8 Å². The van der Waals surface area contributed by atoms with E-state index in [4.69, 9.17) is 5.14 Å². The topological polar surface area (TPSA) is 115 Å². The number of hydrogen-bond acceptors (Lipinski definition) is 5. The molecule has 0 aromatic heterocycles. The van der Waals surface area contributed by atoms with Gasteiger partial charge in [0.05, 0.1) is 20.2 Å². The maximum absolute atomic E-state index is 14.4. The van der Waals surface area contributed by atoms with Gasteiger partial charge in [-0.3, -0.25) is 4.79 Å². The van der Waals surface area contributed by atoms with Crippen molar-refractivity contribution in [2.45, 2.75) is 65.8 Å². The van der Waals surface area contributed by atoms with Gasteiger partial charge < -0.3 is 4.90 Å². The van der Waals surface area contributed by atoms with Crippen molar-refractivity contribution in [3.05, 3.63) is 89.0 Å². The molecule has 3 aromatic rings. The van der Waals surface area contributed by atoms with Gasteiger partial charge in [0.15, 0.2) is 0 Å². The molecule has 1 aliphatic heterocycles. The number of nitrogens with two attached hydrogens (primary N) is 1. The van der Waals surface area contributed by atoms with Crippen molar-refractivity contribution >= 4 is 25.8 Å². The van der Waals surface area contributed by atoms with E-state index in [-0.39, 0.29) is 42.1 Å². The van der Waals surface area contributed by atoms with E-state index in [2.05, 4.69) is 0 Å². The Bertz CT molecular complexity index is 1660. The van der Waals surface area contributed by atoms with Crippen molar-refractivity contribution in [3.8, 4) is 0 Å². The van der Waals surface area contributed by atoms with Gasteiger partial charge in [-0.05, 0) is 71.7 Å². The SMILES string of the molecule is CC(C)(C)c1ccc(C(=O)N2CCC(c3cc(S(=O)(=O)c4ccccc4)cc(S(N)(=O)=O)c3C(F)(F)F)CC2)cc1. The number of nitrogens with zero attached hydrogens (tertiary/aromatic N) is 1. The van der Waals surface area contributed by atoms with Crippen molar-refractivity contribution in [2.75, 3.05) is 13.1 Å². The molecule has 220 valence electrons.